The van der Waals surface area contributed by atoms with Gasteiger partial charge in [0, 0.05) is 13.5 Å². The summed E-state index contributed by atoms with van der Waals surface area (Å²) in [4.78, 5) is 44.4. The summed E-state index contributed by atoms with van der Waals surface area (Å²) in [5.74, 6) is 0. The first kappa shape index (κ1) is 15.9. The summed E-state index contributed by atoms with van der Waals surface area (Å²) in [5.41, 5.74) is -0.269. The van der Waals surface area contributed by atoms with Gasteiger partial charge in [0.15, 0.2) is 5.52 Å². The van der Waals surface area contributed by atoms with Gasteiger partial charge in [-0.2, -0.15) is 0 Å². The molecule has 0 aliphatic carbocycles. The van der Waals surface area contributed by atoms with Crippen molar-refractivity contribution >= 4 is 11.2 Å². The van der Waals surface area contributed by atoms with Crippen LogP contribution < -0.4 is 16.8 Å². The minimum atomic E-state index is -0.927. The van der Waals surface area contributed by atoms with Gasteiger partial charge in [-0.1, -0.05) is 24.3 Å². The second kappa shape index (κ2) is 5.89. The average molecular weight is 328 g/mol. The van der Waals surface area contributed by atoms with Gasteiger partial charge >= 0.3 is 5.69 Å². The summed E-state index contributed by atoms with van der Waals surface area (Å²) in [6, 6.07) is 7.28. The Labute approximate surface area is 135 Å². The fourth-order valence-corrected chi connectivity index (χ4v) is 2.61. The first-order valence-electron chi connectivity index (χ1n) is 7.34. The van der Waals surface area contributed by atoms with Crippen molar-refractivity contribution in [2.24, 2.45) is 7.05 Å². The van der Waals surface area contributed by atoms with Crippen LogP contribution in [0.5, 0.6) is 0 Å². The number of hydrogen-bond acceptors (Lipinski definition) is 5. The van der Waals surface area contributed by atoms with Crippen molar-refractivity contribution in [3.05, 3.63) is 72.3 Å². The summed E-state index contributed by atoms with van der Waals surface area (Å²) in [6.07, 6.45) is -0.970. The Kier molecular flexibility index (Phi) is 3.90. The van der Waals surface area contributed by atoms with Crippen molar-refractivity contribution < 1.29 is 5.11 Å². The Morgan fingerprint density at radius 3 is 2.58 bits per heavy atom. The van der Waals surface area contributed by atoms with Gasteiger partial charge in [0.2, 0.25) is 0 Å². The van der Waals surface area contributed by atoms with E-state index in [1.54, 1.807) is 12.1 Å². The largest absolute Gasteiger partial charge is 0.388 e. The van der Waals surface area contributed by atoms with Crippen LogP contribution in [0, 0.1) is 6.92 Å². The highest BCUT2D eigenvalue weighted by molar-refractivity contribution is 5.68. The number of fused-ring (bicyclic) bond motifs is 1. The lowest BCUT2D eigenvalue weighted by Crippen LogP contribution is -2.32. The van der Waals surface area contributed by atoms with E-state index in [9.17, 15) is 19.5 Å². The fourth-order valence-electron chi connectivity index (χ4n) is 2.61. The third kappa shape index (κ3) is 2.67. The summed E-state index contributed by atoms with van der Waals surface area (Å²) in [5, 5.41) is 10.4. The molecule has 3 N–H and O–H groups in total. The number of rotatable bonds is 3. The Bertz CT molecular complexity index is 1090. The highest BCUT2D eigenvalue weighted by Gasteiger charge is 2.16. The van der Waals surface area contributed by atoms with Crippen LogP contribution in [0.2, 0.25) is 0 Å². The molecule has 8 nitrogen and oxygen atoms in total. The predicted octanol–water partition coefficient (Wildman–Crippen LogP) is -0.105. The lowest BCUT2D eigenvalue weighted by atomic mass is 10.0. The third-order valence-corrected chi connectivity index (χ3v) is 3.97. The summed E-state index contributed by atoms with van der Waals surface area (Å²) in [7, 11) is 1.42. The second-order valence-electron chi connectivity index (χ2n) is 5.60. The maximum absolute atomic E-state index is 12.2. The zero-order valence-corrected chi connectivity index (χ0v) is 13.2. The van der Waals surface area contributed by atoms with Gasteiger partial charge in [-0.15, -0.1) is 0 Å². The molecule has 1 aromatic carbocycles. The molecule has 3 rings (SSSR count). The molecule has 0 bridgehead atoms. The molecule has 1 unspecified atom stereocenters. The van der Waals surface area contributed by atoms with Gasteiger partial charge in [0.25, 0.3) is 11.1 Å². The van der Waals surface area contributed by atoms with Crippen LogP contribution in [0.3, 0.4) is 0 Å². The first-order valence-corrected chi connectivity index (χ1v) is 7.34. The molecular weight excluding hydrogens is 312 g/mol. The molecule has 0 radical (unpaired) electrons. The zero-order chi connectivity index (χ0) is 17.4. The van der Waals surface area contributed by atoms with E-state index in [0.717, 1.165) is 10.1 Å². The van der Waals surface area contributed by atoms with Gasteiger partial charge in [-0.25, -0.2) is 9.78 Å². The maximum Gasteiger partial charge on any atom is 0.329 e. The molecule has 0 fully saturated rings. The Balaban J connectivity index is 2.10. The van der Waals surface area contributed by atoms with Gasteiger partial charge in [-0.05, 0) is 18.1 Å². The third-order valence-electron chi connectivity index (χ3n) is 3.97. The zero-order valence-electron chi connectivity index (χ0n) is 13.2. The smallest absolute Gasteiger partial charge is 0.329 e. The molecule has 24 heavy (non-hydrogen) atoms. The normalized spacial score (nSPS) is 12.5. The number of aromatic nitrogens is 4. The van der Waals surface area contributed by atoms with E-state index in [-0.39, 0.29) is 23.3 Å². The lowest BCUT2D eigenvalue weighted by Gasteiger charge is -2.13. The molecule has 0 aliphatic heterocycles. The van der Waals surface area contributed by atoms with Crippen molar-refractivity contribution in [1.82, 2.24) is 19.5 Å². The monoisotopic (exact) mass is 328 g/mol. The molecule has 0 aliphatic rings. The van der Waals surface area contributed by atoms with Crippen LogP contribution in [0.25, 0.3) is 11.2 Å². The molecule has 2 aromatic heterocycles. The van der Waals surface area contributed by atoms with E-state index < -0.39 is 22.9 Å². The standard InChI is InChI=1S/C16H16N4O4/c1-8-5-3-4-6-9(8)11(21)7-10-14(22)18-13-12(17-10)15(23)19-16(24)20(13)2/h3-6,11,21H,7H2,1-2H3,(H,18,22)(H,19,23,24). The van der Waals surface area contributed by atoms with E-state index in [4.69, 9.17) is 0 Å². The molecule has 0 amide bonds. The average Bonchev–Trinajstić information content (AvgIpc) is 2.54. The van der Waals surface area contributed by atoms with Gasteiger partial charge in [0.1, 0.15) is 11.3 Å². The van der Waals surface area contributed by atoms with Crippen LogP contribution in [0.15, 0.2) is 38.6 Å². The van der Waals surface area contributed by atoms with E-state index in [1.165, 1.54) is 7.05 Å². The molecule has 124 valence electrons. The number of aryl methyl sites for hydroxylation is 2. The predicted molar refractivity (Wildman–Crippen MR) is 88.1 cm³/mol. The summed E-state index contributed by atoms with van der Waals surface area (Å²) < 4.78 is 1.10. The molecule has 0 saturated heterocycles. The number of H-pyrrole nitrogens is 2. The van der Waals surface area contributed by atoms with Crippen molar-refractivity contribution in [3.63, 3.8) is 0 Å². The minimum absolute atomic E-state index is 0.0300. The lowest BCUT2D eigenvalue weighted by molar-refractivity contribution is 0.176. The minimum Gasteiger partial charge on any atom is -0.388 e. The molecule has 0 spiro atoms. The topological polar surface area (TPSA) is 121 Å². The number of aliphatic hydroxyl groups is 1. The maximum atomic E-state index is 12.2. The van der Waals surface area contributed by atoms with Crippen molar-refractivity contribution in [2.45, 2.75) is 19.4 Å². The van der Waals surface area contributed by atoms with E-state index >= 15 is 0 Å². The van der Waals surface area contributed by atoms with E-state index in [1.807, 2.05) is 19.1 Å². The number of benzene rings is 1. The summed E-state index contributed by atoms with van der Waals surface area (Å²) >= 11 is 0. The van der Waals surface area contributed by atoms with Gasteiger partial charge in [0.05, 0.1) is 6.10 Å². The number of aromatic amines is 2. The Morgan fingerprint density at radius 1 is 1.17 bits per heavy atom. The van der Waals surface area contributed by atoms with Crippen LogP contribution in [0.4, 0.5) is 0 Å². The number of hydrogen-bond donors (Lipinski definition) is 3. The van der Waals surface area contributed by atoms with Crippen molar-refractivity contribution in [1.29, 1.82) is 0 Å². The van der Waals surface area contributed by atoms with Gasteiger partial charge < -0.3 is 10.1 Å². The Morgan fingerprint density at radius 2 is 1.88 bits per heavy atom. The highest BCUT2D eigenvalue weighted by Crippen LogP contribution is 2.19. The fraction of sp³-hybridized carbons (Fsp3) is 0.250. The van der Waals surface area contributed by atoms with E-state index in [0.29, 0.717) is 5.56 Å². The second-order valence-corrected chi connectivity index (χ2v) is 5.60. The molecule has 2 heterocycles. The number of aliphatic hydroxyl groups excluding tert-OH is 1. The quantitative estimate of drug-likeness (QED) is 0.620. The van der Waals surface area contributed by atoms with Gasteiger partial charge in [-0.3, -0.25) is 19.1 Å². The molecule has 3 aromatic rings. The highest BCUT2D eigenvalue weighted by atomic mass is 16.3. The van der Waals surface area contributed by atoms with Crippen LogP contribution in [-0.2, 0) is 13.5 Å². The SMILES string of the molecule is Cc1ccccc1C(O)Cc1nc2c(=O)[nH]c(=O)n(C)c2[nH]c1=O. The van der Waals surface area contributed by atoms with E-state index in [2.05, 4.69) is 15.0 Å². The molecule has 0 saturated carbocycles. The molecular formula is C16H16N4O4. The summed E-state index contributed by atoms with van der Waals surface area (Å²) in [6.45, 7) is 1.86. The van der Waals surface area contributed by atoms with Crippen LogP contribution >= 0.6 is 0 Å². The van der Waals surface area contributed by atoms with Crippen molar-refractivity contribution in [2.75, 3.05) is 0 Å². The van der Waals surface area contributed by atoms with Crippen molar-refractivity contribution in [3.8, 4) is 0 Å². The molecule has 1 atom stereocenters. The number of nitrogens with one attached hydrogen (secondary N) is 2. The number of nitrogens with zero attached hydrogens (tertiary/aromatic N) is 2. The molecule has 8 heteroatoms. The Hall–Kier alpha value is -3.00. The van der Waals surface area contributed by atoms with Crippen LogP contribution in [0.1, 0.15) is 22.9 Å². The van der Waals surface area contributed by atoms with Crippen LogP contribution in [-0.4, -0.2) is 24.6 Å². The first-order chi connectivity index (χ1) is 11.4.